The summed E-state index contributed by atoms with van der Waals surface area (Å²) < 4.78 is 0. The van der Waals surface area contributed by atoms with Crippen molar-refractivity contribution in [1.29, 1.82) is 0 Å². The first-order chi connectivity index (χ1) is 11.1. The number of carboxylic acid groups (broad SMARTS) is 1. The van der Waals surface area contributed by atoms with E-state index in [4.69, 9.17) is 5.11 Å². The Labute approximate surface area is 139 Å². The Bertz CT molecular complexity index is 755. The highest BCUT2D eigenvalue weighted by molar-refractivity contribution is 7.98. The molecule has 2 aromatic rings. The number of nitrogens with zero attached hydrogens (tertiary/aromatic N) is 1. The van der Waals surface area contributed by atoms with Gasteiger partial charge < -0.3 is 10.0 Å². The Morgan fingerprint density at radius 2 is 1.74 bits per heavy atom. The van der Waals surface area contributed by atoms with Crippen LogP contribution in [0, 0.1) is 0 Å². The highest BCUT2D eigenvalue weighted by atomic mass is 32.2. The number of benzene rings is 2. The van der Waals surface area contributed by atoms with Gasteiger partial charge in [0.15, 0.2) is 0 Å². The molecule has 1 amide bonds. The maximum absolute atomic E-state index is 12.6. The number of hydrogen-bond donors (Lipinski definition) is 1. The third-order valence-corrected chi connectivity index (χ3v) is 4.82. The standard InChI is InChI=1S/C18H17NO3S/c1-23-16-7-6-15-11-19(9-8-14(15)10-16)17(20)12-2-4-13(5-3-12)18(21)22/h2-7,10H,8-9,11H2,1H3,(H,21,22). The average molecular weight is 327 g/mol. The van der Waals surface area contributed by atoms with Crippen molar-refractivity contribution in [2.75, 3.05) is 12.8 Å². The van der Waals surface area contributed by atoms with Gasteiger partial charge in [0.1, 0.15) is 0 Å². The van der Waals surface area contributed by atoms with E-state index in [2.05, 4.69) is 24.5 Å². The van der Waals surface area contributed by atoms with Gasteiger partial charge in [0.25, 0.3) is 5.91 Å². The number of thioether (sulfide) groups is 1. The Hall–Kier alpha value is -2.27. The first-order valence-corrected chi connectivity index (χ1v) is 8.59. The van der Waals surface area contributed by atoms with Crippen LogP contribution in [0.2, 0.25) is 0 Å². The molecule has 0 bridgehead atoms. The number of carbonyl (C=O) groups excluding carboxylic acids is 1. The fourth-order valence-electron chi connectivity index (χ4n) is 2.77. The zero-order valence-corrected chi connectivity index (χ0v) is 13.6. The summed E-state index contributed by atoms with van der Waals surface area (Å²) in [5, 5.41) is 8.92. The van der Waals surface area contributed by atoms with Crippen molar-refractivity contribution in [2.45, 2.75) is 17.9 Å². The minimum Gasteiger partial charge on any atom is -0.478 e. The largest absolute Gasteiger partial charge is 0.478 e. The molecule has 0 saturated carbocycles. The zero-order chi connectivity index (χ0) is 16.4. The Morgan fingerprint density at radius 3 is 2.39 bits per heavy atom. The number of fused-ring (bicyclic) bond motifs is 1. The quantitative estimate of drug-likeness (QED) is 0.879. The second-order valence-corrected chi connectivity index (χ2v) is 6.37. The van der Waals surface area contributed by atoms with Gasteiger partial charge in [-0.25, -0.2) is 4.79 Å². The van der Waals surface area contributed by atoms with Crippen LogP contribution in [0.15, 0.2) is 47.4 Å². The van der Waals surface area contributed by atoms with Gasteiger partial charge in [-0.05, 0) is 60.2 Å². The lowest BCUT2D eigenvalue weighted by Crippen LogP contribution is -2.36. The predicted octanol–water partition coefficient (Wildman–Crippen LogP) is 3.31. The lowest BCUT2D eigenvalue weighted by molar-refractivity contribution is 0.0692. The normalized spacial score (nSPS) is 13.5. The van der Waals surface area contributed by atoms with E-state index in [0.29, 0.717) is 18.7 Å². The second kappa shape index (κ2) is 6.46. The predicted molar refractivity (Wildman–Crippen MR) is 90.1 cm³/mol. The summed E-state index contributed by atoms with van der Waals surface area (Å²) in [6.07, 6.45) is 2.91. The summed E-state index contributed by atoms with van der Waals surface area (Å²) >= 11 is 1.72. The molecule has 0 radical (unpaired) electrons. The van der Waals surface area contributed by atoms with Gasteiger partial charge in [-0.2, -0.15) is 0 Å². The van der Waals surface area contributed by atoms with Crippen LogP contribution in [0.25, 0.3) is 0 Å². The second-order valence-electron chi connectivity index (χ2n) is 5.49. The number of carbonyl (C=O) groups is 2. The highest BCUT2D eigenvalue weighted by Crippen LogP contribution is 2.25. The maximum atomic E-state index is 12.6. The van der Waals surface area contributed by atoms with Crippen LogP contribution < -0.4 is 0 Å². The third-order valence-electron chi connectivity index (χ3n) is 4.09. The van der Waals surface area contributed by atoms with Gasteiger partial charge in [-0.3, -0.25) is 4.79 Å². The molecular weight excluding hydrogens is 310 g/mol. The topological polar surface area (TPSA) is 57.6 Å². The first kappa shape index (κ1) is 15.6. The average Bonchev–Trinajstić information content (AvgIpc) is 2.60. The summed E-state index contributed by atoms with van der Waals surface area (Å²) in [6.45, 7) is 1.29. The zero-order valence-electron chi connectivity index (χ0n) is 12.8. The van der Waals surface area contributed by atoms with Crippen molar-refractivity contribution in [3.8, 4) is 0 Å². The fraction of sp³-hybridized carbons (Fsp3) is 0.222. The molecule has 2 aromatic carbocycles. The molecule has 1 heterocycles. The molecule has 1 aliphatic heterocycles. The van der Waals surface area contributed by atoms with E-state index in [1.807, 2.05) is 4.90 Å². The Balaban J connectivity index is 1.77. The molecule has 1 aliphatic rings. The van der Waals surface area contributed by atoms with Crippen LogP contribution >= 0.6 is 11.8 Å². The van der Waals surface area contributed by atoms with E-state index in [1.165, 1.54) is 28.2 Å². The van der Waals surface area contributed by atoms with Crippen molar-refractivity contribution in [3.63, 3.8) is 0 Å². The molecule has 5 heteroatoms. The van der Waals surface area contributed by atoms with E-state index < -0.39 is 5.97 Å². The van der Waals surface area contributed by atoms with Crippen LogP contribution in [0.3, 0.4) is 0 Å². The van der Waals surface area contributed by atoms with Gasteiger partial charge in [0.2, 0.25) is 0 Å². The molecule has 0 spiro atoms. The van der Waals surface area contributed by atoms with Crippen molar-refractivity contribution in [2.24, 2.45) is 0 Å². The van der Waals surface area contributed by atoms with E-state index in [0.717, 1.165) is 6.42 Å². The molecule has 3 rings (SSSR count). The van der Waals surface area contributed by atoms with Gasteiger partial charge in [0.05, 0.1) is 5.56 Å². The molecule has 0 aliphatic carbocycles. The molecule has 118 valence electrons. The summed E-state index contributed by atoms with van der Waals surface area (Å²) in [6, 6.07) is 12.5. The SMILES string of the molecule is CSc1ccc2c(c1)CCN(C(=O)c1ccc(C(=O)O)cc1)C2. The molecule has 0 aromatic heterocycles. The Morgan fingerprint density at radius 1 is 1.04 bits per heavy atom. The number of carboxylic acids is 1. The van der Waals surface area contributed by atoms with E-state index >= 15 is 0 Å². The fourth-order valence-corrected chi connectivity index (χ4v) is 3.23. The summed E-state index contributed by atoms with van der Waals surface area (Å²) in [4.78, 5) is 26.5. The minimum atomic E-state index is -0.986. The van der Waals surface area contributed by atoms with Crippen molar-refractivity contribution >= 4 is 23.6 Å². The molecule has 0 atom stereocenters. The molecular formula is C18H17NO3S. The molecule has 23 heavy (non-hydrogen) atoms. The molecule has 4 nitrogen and oxygen atoms in total. The van der Waals surface area contributed by atoms with Gasteiger partial charge in [-0.15, -0.1) is 11.8 Å². The van der Waals surface area contributed by atoms with E-state index in [9.17, 15) is 9.59 Å². The first-order valence-electron chi connectivity index (χ1n) is 7.37. The third kappa shape index (κ3) is 3.24. The number of aromatic carboxylic acids is 1. The highest BCUT2D eigenvalue weighted by Gasteiger charge is 2.22. The molecule has 0 fully saturated rings. The number of amides is 1. The van der Waals surface area contributed by atoms with Crippen LogP contribution in [-0.2, 0) is 13.0 Å². The van der Waals surface area contributed by atoms with Crippen molar-refractivity contribution in [1.82, 2.24) is 4.90 Å². The van der Waals surface area contributed by atoms with Gasteiger partial charge in [0, 0.05) is 23.5 Å². The summed E-state index contributed by atoms with van der Waals surface area (Å²) in [7, 11) is 0. The maximum Gasteiger partial charge on any atom is 0.335 e. The van der Waals surface area contributed by atoms with E-state index in [-0.39, 0.29) is 11.5 Å². The van der Waals surface area contributed by atoms with Crippen molar-refractivity contribution in [3.05, 3.63) is 64.7 Å². The van der Waals surface area contributed by atoms with Crippen molar-refractivity contribution < 1.29 is 14.7 Å². The number of hydrogen-bond acceptors (Lipinski definition) is 3. The smallest absolute Gasteiger partial charge is 0.335 e. The minimum absolute atomic E-state index is 0.0541. The molecule has 0 unspecified atom stereocenters. The number of rotatable bonds is 3. The van der Waals surface area contributed by atoms with Gasteiger partial charge in [-0.1, -0.05) is 6.07 Å². The molecule has 1 N–H and O–H groups in total. The van der Waals surface area contributed by atoms with Crippen LogP contribution in [0.1, 0.15) is 31.8 Å². The summed E-state index contributed by atoms with van der Waals surface area (Å²) in [5.41, 5.74) is 3.21. The van der Waals surface area contributed by atoms with Crippen LogP contribution in [0.4, 0.5) is 0 Å². The monoisotopic (exact) mass is 327 g/mol. The lowest BCUT2D eigenvalue weighted by atomic mass is 9.99. The lowest BCUT2D eigenvalue weighted by Gasteiger charge is -2.29. The van der Waals surface area contributed by atoms with E-state index in [1.54, 1.807) is 23.9 Å². The van der Waals surface area contributed by atoms with Crippen LogP contribution in [0.5, 0.6) is 0 Å². The van der Waals surface area contributed by atoms with Gasteiger partial charge >= 0.3 is 5.97 Å². The molecule has 0 saturated heterocycles. The van der Waals surface area contributed by atoms with Crippen LogP contribution in [-0.4, -0.2) is 34.7 Å². The summed E-state index contributed by atoms with van der Waals surface area (Å²) in [5.74, 6) is -1.04. The Kier molecular flexibility index (Phi) is 4.39.